The first-order valence-corrected chi connectivity index (χ1v) is 31.0. The summed E-state index contributed by atoms with van der Waals surface area (Å²) in [7, 11) is 1.96. The zero-order chi connectivity index (χ0) is 61.4. The van der Waals surface area contributed by atoms with Crippen molar-refractivity contribution in [1.82, 2.24) is 46.5 Å². The number of amides is 8. The van der Waals surface area contributed by atoms with Gasteiger partial charge in [0.25, 0.3) is 17.7 Å². The number of aromatic nitrogens is 1. The number of thiazole rings is 1. The Labute approximate surface area is 500 Å². The van der Waals surface area contributed by atoms with Gasteiger partial charge < -0.3 is 49.6 Å². The number of likely N-dealkylation sites (N-methyl/N-ethyl adjacent to an activating group) is 1. The number of unbranched alkanes of at least 4 members (excludes halogenated alkanes) is 2. The normalized spacial score (nSPS) is 16.6. The number of imide groups is 1. The fourth-order valence-corrected chi connectivity index (χ4v) is 10.7. The van der Waals surface area contributed by atoms with E-state index >= 15 is 0 Å². The van der Waals surface area contributed by atoms with Gasteiger partial charge in [0.05, 0.1) is 45.7 Å². The van der Waals surface area contributed by atoms with Crippen LogP contribution >= 0.6 is 11.3 Å². The first-order chi connectivity index (χ1) is 40.4. The molecular formula is C60H95N9O14S. The zero-order valence-electron chi connectivity index (χ0n) is 50.8. The number of aromatic hydroxyl groups is 1. The molecule has 2 aliphatic rings. The maximum atomic E-state index is 14.8. The fraction of sp³-hybridized carbons (Fsp3) is 0.683. The molecule has 6 N–H and O–H groups in total. The molecule has 2 aromatic rings. The van der Waals surface area contributed by atoms with Crippen LogP contribution in [0.15, 0.2) is 41.8 Å². The third kappa shape index (κ3) is 24.9. The van der Waals surface area contributed by atoms with Crippen LogP contribution in [0, 0.1) is 17.8 Å². The van der Waals surface area contributed by atoms with Crippen LogP contribution < -0.4 is 26.8 Å². The number of phenols is 1. The lowest BCUT2D eigenvalue weighted by molar-refractivity contribution is -0.143. The van der Waals surface area contributed by atoms with Gasteiger partial charge in [0.1, 0.15) is 35.2 Å². The van der Waals surface area contributed by atoms with Crippen LogP contribution in [0.25, 0.3) is 0 Å². The number of hydrogen-bond donors (Lipinski definition) is 6. The Balaban J connectivity index is 1.21. The highest BCUT2D eigenvalue weighted by Gasteiger charge is 2.38. The topological polar surface area (TPSA) is 286 Å². The quantitative estimate of drug-likeness (QED) is 0.0263. The maximum absolute atomic E-state index is 14.8. The monoisotopic (exact) mass is 1200 g/mol. The number of piperidine rings is 1. The van der Waals surface area contributed by atoms with Gasteiger partial charge in [-0.15, -0.1) is 11.3 Å². The molecule has 0 bridgehead atoms. The number of phenolic OH excluding ortho intramolecular Hbond substituents is 1. The molecule has 1 aromatic carbocycles. The molecular weight excluding hydrogens is 1100 g/mol. The van der Waals surface area contributed by atoms with E-state index in [9.17, 15) is 43.5 Å². The molecule has 8 amide bonds. The first-order valence-electron chi connectivity index (χ1n) is 30.1. The third-order valence-corrected chi connectivity index (χ3v) is 15.8. The van der Waals surface area contributed by atoms with E-state index in [2.05, 4.69) is 45.5 Å². The van der Waals surface area contributed by atoms with Crippen LogP contribution in [-0.2, 0) is 58.9 Å². The van der Waals surface area contributed by atoms with Crippen molar-refractivity contribution in [3.8, 4) is 5.75 Å². The largest absolute Gasteiger partial charge is 0.508 e. The van der Waals surface area contributed by atoms with Gasteiger partial charge in [-0.1, -0.05) is 79.9 Å². The number of benzene rings is 1. The van der Waals surface area contributed by atoms with Crippen molar-refractivity contribution in [2.75, 3.05) is 86.1 Å². The standard InChI is InChI=1S/C60H95N9O14S/c1-9-26-68(59(77)54(42(6)11-3)64-57(76)48-17-14-16-27-67(48)8)49(41(4)5)39-50(82-29-10-2)58-63-47(40-84-58)56(75)62-45(38-44-19-21-46(70)22-20-44)37-43(7)55(74)65-66-60(78)83-36-35-81-34-33-80-32-31-79-30-25-61-51(71)18-13-12-15-28-69-52(72)23-24-53(69)73/h19-24,40-43,45,48-50,54,70H,9-18,25-39H2,1-8H3,(H,61,71)(H,62,75)(H,64,76)(H,65,74)(H,66,78). The lowest BCUT2D eigenvalue weighted by Gasteiger charge is -2.40. The van der Waals surface area contributed by atoms with Gasteiger partial charge in [-0.05, 0) is 94.5 Å². The van der Waals surface area contributed by atoms with Gasteiger partial charge >= 0.3 is 6.09 Å². The minimum absolute atomic E-state index is 0.0114. The summed E-state index contributed by atoms with van der Waals surface area (Å²) in [5.74, 6) is -2.63. The molecule has 84 heavy (non-hydrogen) atoms. The summed E-state index contributed by atoms with van der Waals surface area (Å²) in [6, 6.07) is 4.72. The smallest absolute Gasteiger partial charge is 0.426 e. The Kier molecular flexibility index (Phi) is 32.5. The maximum Gasteiger partial charge on any atom is 0.426 e. The number of hydrogen-bond acceptors (Lipinski definition) is 17. The minimum atomic E-state index is -0.896. The summed E-state index contributed by atoms with van der Waals surface area (Å²) in [6.45, 7) is 17.8. The van der Waals surface area contributed by atoms with Gasteiger partial charge in [-0.2, -0.15) is 0 Å². The predicted octanol–water partition coefficient (Wildman–Crippen LogP) is 5.76. The molecule has 0 aliphatic carbocycles. The molecule has 4 rings (SSSR count). The predicted molar refractivity (Wildman–Crippen MR) is 317 cm³/mol. The Morgan fingerprint density at radius 1 is 0.810 bits per heavy atom. The van der Waals surface area contributed by atoms with Gasteiger partial charge in [-0.25, -0.2) is 15.2 Å². The molecule has 1 saturated heterocycles. The van der Waals surface area contributed by atoms with Crippen molar-refractivity contribution in [1.29, 1.82) is 0 Å². The molecule has 7 unspecified atom stereocenters. The number of nitrogens with one attached hydrogen (secondary N) is 5. The van der Waals surface area contributed by atoms with E-state index in [0.717, 1.165) is 44.2 Å². The zero-order valence-corrected chi connectivity index (χ0v) is 51.6. The summed E-state index contributed by atoms with van der Waals surface area (Å²) in [5, 5.41) is 21.3. The average molecular weight is 1200 g/mol. The molecule has 0 spiro atoms. The summed E-state index contributed by atoms with van der Waals surface area (Å²) in [6.07, 6.45) is 9.22. The molecule has 3 heterocycles. The number of ether oxygens (including phenoxy) is 5. The van der Waals surface area contributed by atoms with E-state index < -0.39 is 42.0 Å². The lowest BCUT2D eigenvalue weighted by atomic mass is 9.92. The van der Waals surface area contributed by atoms with E-state index in [1.54, 1.807) is 36.6 Å². The van der Waals surface area contributed by atoms with E-state index in [1.165, 1.54) is 28.4 Å². The number of nitrogens with zero attached hydrogens (tertiary/aromatic N) is 4. The van der Waals surface area contributed by atoms with Gasteiger partial charge in [-0.3, -0.25) is 48.8 Å². The highest BCUT2D eigenvalue weighted by Crippen LogP contribution is 2.32. The number of rotatable bonds is 40. The Bertz CT molecular complexity index is 2370. The molecule has 1 fully saturated rings. The van der Waals surface area contributed by atoms with Crippen LogP contribution in [0.3, 0.4) is 0 Å². The first kappa shape index (κ1) is 70.4. The minimum Gasteiger partial charge on any atom is -0.508 e. The van der Waals surface area contributed by atoms with Crippen molar-refractivity contribution in [3.05, 3.63) is 58.1 Å². The average Bonchev–Trinajstić information content (AvgIpc) is 4.12. The summed E-state index contributed by atoms with van der Waals surface area (Å²) < 4.78 is 28.1. The van der Waals surface area contributed by atoms with Gasteiger partial charge in [0.15, 0.2) is 0 Å². The molecule has 1 aromatic heterocycles. The van der Waals surface area contributed by atoms with Crippen LogP contribution in [0.5, 0.6) is 5.75 Å². The second kappa shape index (κ2) is 38.8. The highest BCUT2D eigenvalue weighted by atomic mass is 32.1. The van der Waals surface area contributed by atoms with Crippen molar-refractivity contribution in [3.63, 3.8) is 0 Å². The highest BCUT2D eigenvalue weighted by molar-refractivity contribution is 7.09. The second-order valence-corrected chi connectivity index (χ2v) is 22.8. The fourth-order valence-electron chi connectivity index (χ4n) is 9.86. The van der Waals surface area contributed by atoms with Crippen molar-refractivity contribution in [2.45, 2.75) is 162 Å². The van der Waals surface area contributed by atoms with Gasteiger partial charge in [0.2, 0.25) is 23.6 Å². The van der Waals surface area contributed by atoms with Crippen LogP contribution in [0.4, 0.5) is 4.79 Å². The Morgan fingerprint density at radius 2 is 1.49 bits per heavy atom. The number of carbonyl (C=O) groups excluding carboxylic acids is 8. The van der Waals surface area contributed by atoms with E-state index in [1.807, 2.05) is 39.6 Å². The lowest BCUT2D eigenvalue weighted by Crippen LogP contribution is -2.58. The van der Waals surface area contributed by atoms with E-state index in [4.69, 9.17) is 28.7 Å². The van der Waals surface area contributed by atoms with Crippen molar-refractivity contribution in [2.24, 2.45) is 17.8 Å². The molecule has 0 radical (unpaired) electrons. The van der Waals surface area contributed by atoms with Crippen LogP contribution in [0.2, 0.25) is 0 Å². The summed E-state index contributed by atoms with van der Waals surface area (Å²) in [5.41, 5.74) is 5.61. The van der Waals surface area contributed by atoms with Gasteiger partial charge in [0, 0.05) is 74.6 Å². The second-order valence-electron chi connectivity index (χ2n) is 22.0. The third-order valence-electron chi connectivity index (χ3n) is 14.9. The Morgan fingerprint density at radius 3 is 2.13 bits per heavy atom. The van der Waals surface area contributed by atoms with E-state index in [-0.39, 0.29) is 97.7 Å². The molecule has 2 aliphatic heterocycles. The number of likely N-dealkylation sites (tertiary alicyclic amines) is 1. The van der Waals surface area contributed by atoms with Crippen LogP contribution in [-0.4, -0.2) is 182 Å². The molecule has 23 nitrogen and oxygen atoms in total. The number of hydrazine groups is 1. The summed E-state index contributed by atoms with van der Waals surface area (Å²) in [4.78, 5) is 114. The van der Waals surface area contributed by atoms with E-state index in [0.29, 0.717) is 96.0 Å². The van der Waals surface area contributed by atoms with Crippen molar-refractivity contribution >= 4 is 58.8 Å². The number of carbonyl (C=O) groups is 8. The SMILES string of the molecule is CCCOC(CC(C(C)C)N(CCC)C(=O)C(NC(=O)C1CCCCN1C)C(C)CC)c1nc(C(=O)NC(Cc2ccc(O)cc2)CC(C)C(=O)NNC(=O)OCCOCCOCCOCCNC(=O)CCCCCN2C(=O)C=CC2=O)cs1. The van der Waals surface area contributed by atoms with Crippen molar-refractivity contribution < 1.29 is 67.1 Å². The molecule has 7 atom stereocenters. The molecule has 0 saturated carbocycles. The Hall–Kier alpha value is -6.05. The van der Waals surface area contributed by atoms with Crippen LogP contribution in [0.1, 0.15) is 153 Å². The molecule has 24 heteroatoms. The molecule has 470 valence electrons. The summed E-state index contributed by atoms with van der Waals surface area (Å²) >= 11 is 1.30.